The van der Waals surface area contributed by atoms with Crippen LogP contribution in [0.4, 0.5) is 0 Å². The second kappa shape index (κ2) is 9.08. The molecule has 1 N–H and O–H groups in total. The molecule has 2 aromatic rings. The third-order valence-electron chi connectivity index (χ3n) is 4.49. The Balaban J connectivity index is 0.000000260. The maximum Gasteiger partial charge on any atom is 0.217 e. The molecule has 0 aromatic carbocycles. The van der Waals surface area contributed by atoms with Crippen LogP contribution in [0.1, 0.15) is 50.5 Å². The van der Waals surface area contributed by atoms with Gasteiger partial charge >= 0.3 is 0 Å². The third-order valence-corrected chi connectivity index (χ3v) is 5.51. The van der Waals surface area contributed by atoms with E-state index in [9.17, 15) is 9.59 Å². The molecular weight excluding hydrogens is 344 g/mol. The molecule has 1 aliphatic rings. The first kappa shape index (κ1) is 20.3. The third kappa shape index (κ3) is 6.06. The maximum atomic E-state index is 10.1. The summed E-state index contributed by atoms with van der Waals surface area (Å²) in [4.78, 5) is 27.5. The Bertz CT molecular complexity index is 736. The Morgan fingerprint density at radius 3 is 2.35 bits per heavy atom. The summed E-state index contributed by atoms with van der Waals surface area (Å²) in [5.41, 5.74) is 2.53. The molecule has 140 valence electrons. The highest BCUT2D eigenvalue weighted by Gasteiger charge is 2.40. The number of hydrogen-bond acceptors (Lipinski definition) is 4. The van der Waals surface area contributed by atoms with Crippen LogP contribution >= 0.6 is 11.3 Å². The molecule has 4 nitrogen and oxygen atoms in total. The lowest BCUT2D eigenvalue weighted by Gasteiger charge is -2.04. The van der Waals surface area contributed by atoms with Crippen molar-refractivity contribution in [3.63, 3.8) is 0 Å². The Morgan fingerprint density at radius 1 is 1.23 bits per heavy atom. The summed E-state index contributed by atoms with van der Waals surface area (Å²) in [5, 5.41) is 2.36. The fourth-order valence-electron chi connectivity index (χ4n) is 2.93. The number of ketones is 1. The van der Waals surface area contributed by atoms with E-state index < -0.39 is 0 Å². The molecule has 1 aliphatic carbocycles. The van der Waals surface area contributed by atoms with Crippen LogP contribution in [0.2, 0.25) is 0 Å². The number of nitrogens with one attached hydrogen (secondary N) is 1. The summed E-state index contributed by atoms with van der Waals surface area (Å²) in [5.74, 6) is 2.24. The largest absolute Gasteiger partial charge is 0.349 e. The maximum absolute atomic E-state index is 10.1. The molecular formula is C21H28N2O2S. The quantitative estimate of drug-likeness (QED) is 0.835. The predicted molar refractivity (Wildman–Crippen MR) is 107 cm³/mol. The molecule has 0 aliphatic heterocycles. The van der Waals surface area contributed by atoms with Gasteiger partial charge in [-0.15, -0.1) is 11.3 Å². The SMILES string of the molecule is CC(=O)CNC(C)=O.Cc1ccc(-c2ccc([C@@H]3CC3C(C)C)cn2)s1. The minimum absolute atomic E-state index is 0.0276. The molecule has 0 saturated heterocycles. The second-order valence-corrected chi connectivity index (χ2v) is 8.54. The standard InChI is InChI=1S/C16H19NS.C5H9NO2/c1-10(2)13-8-14(13)12-5-6-15(17-9-12)16-7-4-11(3)18-16;1-4(7)3-6-5(2)8/h4-7,9-10,13-14H,8H2,1-3H3;3H2,1-2H3,(H,6,8)/t13?,14-;/m0./s1. The van der Waals surface area contributed by atoms with Crippen molar-refractivity contribution in [2.45, 2.75) is 47.0 Å². The molecule has 1 amide bonds. The van der Waals surface area contributed by atoms with E-state index in [0.717, 1.165) is 23.4 Å². The number of carbonyl (C=O) groups is 2. The van der Waals surface area contributed by atoms with Gasteiger partial charge < -0.3 is 5.32 Å². The van der Waals surface area contributed by atoms with E-state index in [1.165, 1.54) is 35.6 Å². The average molecular weight is 373 g/mol. The zero-order valence-electron chi connectivity index (χ0n) is 16.2. The van der Waals surface area contributed by atoms with Gasteiger partial charge in [-0.05, 0) is 61.8 Å². The molecule has 0 spiro atoms. The number of pyridine rings is 1. The van der Waals surface area contributed by atoms with Crippen molar-refractivity contribution in [2.75, 3.05) is 6.54 Å². The lowest BCUT2D eigenvalue weighted by molar-refractivity contribution is -0.123. The van der Waals surface area contributed by atoms with Crippen molar-refractivity contribution >= 4 is 23.0 Å². The first-order valence-corrected chi connectivity index (χ1v) is 9.86. The Hall–Kier alpha value is -2.01. The first-order chi connectivity index (χ1) is 12.3. The van der Waals surface area contributed by atoms with Gasteiger partial charge in [-0.3, -0.25) is 14.6 Å². The van der Waals surface area contributed by atoms with E-state index in [2.05, 4.69) is 61.5 Å². The summed E-state index contributed by atoms with van der Waals surface area (Å²) in [6.07, 6.45) is 3.42. The van der Waals surface area contributed by atoms with E-state index in [1.54, 1.807) is 0 Å². The van der Waals surface area contributed by atoms with Crippen LogP contribution in [0.5, 0.6) is 0 Å². The number of rotatable bonds is 5. The van der Waals surface area contributed by atoms with E-state index in [1.807, 2.05) is 11.3 Å². The van der Waals surface area contributed by atoms with Crippen LogP contribution in [0.15, 0.2) is 30.5 Å². The van der Waals surface area contributed by atoms with Crippen molar-refractivity contribution < 1.29 is 9.59 Å². The van der Waals surface area contributed by atoms with Gasteiger partial charge in [-0.2, -0.15) is 0 Å². The zero-order chi connectivity index (χ0) is 19.3. The van der Waals surface area contributed by atoms with Crippen LogP contribution in [0.3, 0.4) is 0 Å². The Kier molecular flexibility index (Phi) is 7.09. The molecule has 2 aromatic heterocycles. The highest BCUT2D eigenvalue weighted by Crippen LogP contribution is 2.51. The summed E-state index contributed by atoms with van der Waals surface area (Å²) in [6, 6.07) is 8.77. The molecule has 5 heteroatoms. The monoisotopic (exact) mass is 372 g/mol. The zero-order valence-corrected chi connectivity index (χ0v) is 17.0. The molecule has 1 unspecified atom stereocenters. The van der Waals surface area contributed by atoms with Crippen LogP contribution in [-0.2, 0) is 9.59 Å². The Labute approximate surface area is 160 Å². The van der Waals surface area contributed by atoms with Crippen LogP contribution < -0.4 is 5.32 Å². The smallest absolute Gasteiger partial charge is 0.217 e. The minimum Gasteiger partial charge on any atom is -0.349 e. The molecule has 0 bridgehead atoms. The van der Waals surface area contributed by atoms with Gasteiger partial charge in [-0.1, -0.05) is 19.9 Å². The lowest BCUT2D eigenvalue weighted by Crippen LogP contribution is -2.25. The van der Waals surface area contributed by atoms with E-state index >= 15 is 0 Å². The van der Waals surface area contributed by atoms with Gasteiger partial charge in [0.15, 0.2) is 0 Å². The van der Waals surface area contributed by atoms with Crippen molar-refractivity contribution in [2.24, 2.45) is 11.8 Å². The fourth-order valence-corrected chi connectivity index (χ4v) is 3.77. The van der Waals surface area contributed by atoms with Crippen molar-refractivity contribution in [1.82, 2.24) is 10.3 Å². The number of hydrogen-bond donors (Lipinski definition) is 1. The number of thiophene rings is 1. The molecule has 2 atom stereocenters. The Morgan fingerprint density at radius 2 is 1.96 bits per heavy atom. The number of amides is 1. The molecule has 1 fully saturated rings. The second-order valence-electron chi connectivity index (χ2n) is 7.25. The van der Waals surface area contributed by atoms with Gasteiger partial charge in [0.1, 0.15) is 5.78 Å². The van der Waals surface area contributed by atoms with Crippen LogP contribution in [-0.4, -0.2) is 23.2 Å². The number of aryl methyl sites for hydroxylation is 1. The van der Waals surface area contributed by atoms with Gasteiger partial charge in [0.25, 0.3) is 0 Å². The van der Waals surface area contributed by atoms with Gasteiger partial charge in [0.2, 0.25) is 5.91 Å². The highest BCUT2D eigenvalue weighted by atomic mass is 32.1. The van der Waals surface area contributed by atoms with Gasteiger partial charge in [0, 0.05) is 18.0 Å². The molecule has 2 heterocycles. The topological polar surface area (TPSA) is 59.1 Å². The highest BCUT2D eigenvalue weighted by molar-refractivity contribution is 7.15. The summed E-state index contributed by atoms with van der Waals surface area (Å²) in [6.45, 7) is 9.73. The summed E-state index contributed by atoms with van der Waals surface area (Å²) < 4.78 is 0. The number of carbonyl (C=O) groups excluding carboxylic acids is 2. The average Bonchev–Trinajstić information content (AvgIpc) is 3.29. The van der Waals surface area contributed by atoms with E-state index in [-0.39, 0.29) is 18.2 Å². The minimum atomic E-state index is -0.166. The normalized spacial score (nSPS) is 18.1. The van der Waals surface area contributed by atoms with E-state index in [0.29, 0.717) is 0 Å². The first-order valence-electron chi connectivity index (χ1n) is 9.04. The fraction of sp³-hybridized carbons (Fsp3) is 0.476. The predicted octanol–water partition coefficient (Wildman–Crippen LogP) is 4.59. The van der Waals surface area contributed by atoms with Crippen molar-refractivity contribution in [3.05, 3.63) is 40.9 Å². The molecule has 1 saturated carbocycles. The molecule has 26 heavy (non-hydrogen) atoms. The number of nitrogens with zero attached hydrogens (tertiary/aromatic N) is 1. The molecule has 3 rings (SSSR count). The lowest BCUT2D eigenvalue weighted by atomic mass is 10.0. The van der Waals surface area contributed by atoms with Crippen molar-refractivity contribution in [1.29, 1.82) is 0 Å². The number of Topliss-reactive ketones (excluding diaryl/α,β-unsaturated/α-hetero) is 1. The van der Waals surface area contributed by atoms with Gasteiger partial charge in [0.05, 0.1) is 17.1 Å². The van der Waals surface area contributed by atoms with Crippen LogP contribution in [0, 0.1) is 18.8 Å². The molecule has 0 radical (unpaired) electrons. The van der Waals surface area contributed by atoms with Gasteiger partial charge in [-0.25, -0.2) is 0 Å². The summed E-state index contributed by atoms with van der Waals surface area (Å²) >= 11 is 1.81. The summed E-state index contributed by atoms with van der Waals surface area (Å²) in [7, 11) is 0. The van der Waals surface area contributed by atoms with Crippen molar-refractivity contribution in [3.8, 4) is 10.6 Å². The number of aromatic nitrogens is 1. The van der Waals surface area contributed by atoms with E-state index in [4.69, 9.17) is 0 Å². The van der Waals surface area contributed by atoms with Crippen LogP contribution in [0.25, 0.3) is 10.6 Å².